The van der Waals surface area contributed by atoms with E-state index in [1.165, 1.54) is 25.7 Å². The summed E-state index contributed by atoms with van der Waals surface area (Å²) in [5.74, 6) is 1.66. The molecule has 1 aromatic carbocycles. The summed E-state index contributed by atoms with van der Waals surface area (Å²) in [6.45, 7) is 0. The predicted octanol–water partition coefficient (Wildman–Crippen LogP) is 3.99. The van der Waals surface area contributed by atoms with Crippen molar-refractivity contribution >= 4 is 35.1 Å². The highest BCUT2D eigenvalue weighted by atomic mass is 35.5. The van der Waals surface area contributed by atoms with Crippen LogP contribution in [-0.4, -0.2) is 28.1 Å². The summed E-state index contributed by atoms with van der Waals surface area (Å²) >= 11 is 6.15. The number of aromatic nitrogens is 3. The van der Waals surface area contributed by atoms with E-state index in [2.05, 4.69) is 25.6 Å². The first-order chi connectivity index (χ1) is 12.1. The second-order valence-electron chi connectivity index (χ2n) is 6.15. The SMILES string of the molecule is COc1ccc(Nc2nc(N)nc(NC3CCCCCC3)n2)cc1Cl. The largest absolute Gasteiger partial charge is 0.495 e. The fourth-order valence-corrected chi connectivity index (χ4v) is 3.25. The van der Waals surface area contributed by atoms with Crippen LogP contribution in [0.3, 0.4) is 0 Å². The van der Waals surface area contributed by atoms with Crippen LogP contribution < -0.4 is 21.1 Å². The number of nitrogens with zero attached hydrogens (tertiary/aromatic N) is 3. The minimum absolute atomic E-state index is 0.174. The Labute approximate surface area is 152 Å². The first-order valence-corrected chi connectivity index (χ1v) is 8.90. The molecule has 4 N–H and O–H groups in total. The van der Waals surface area contributed by atoms with E-state index in [4.69, 9.17) is 22.1 Å². The van der Waals surface area contributed by atoms with Gasteiger partial charge in [0, 0.05) is 11.7 Å². The van der Waals surface area contributed by atoms with Gasteiger partial charge in [0.15, 0.2) is 0 Å². The van der Waals surface area contributed by atoms with Crippen LogP contribution in [-0.2, 0) is 0 Å². The normalized spacial score (nSPS) is 15.4. The van der Waals surface area contributed by atoms with Crippen molar-refractivity contribution < 1.29 is 4.74 Å². The Morgan fingerprint density at radius 2 is 1.80 bits per heavy atom. The van der Waals surface area contributed by atoms with Gasteiger partial charge in [0.2, 0.25) is 17.8 Å². The lowest BCUT2D eigenvalue weighted by molar-refractivity contribution is 0.415. The van der Waals surface area contributed by atoms with Crippen LogP contribution in [0, 0.1) is 0 Å². The van der Waals surface area contributed by atoms with Crippen LogP contribution in [0.5, 0.6) is 5.75 Å². The zero-order valence-corrected chi connectivity index (χ0v) is 15.0. The van der Waals surface area contributed by atoms with E-state index in [0.717, 1.165) is 18.5 Å². The molecule has 0 unspecified atom stereocenters. The first kappa shape index (κ1) is 17.5. The van der Waals surface area contributed by atoms with Crippen LogP contribution in [0.15, 0.2) is 18.2 Å². The van der Waals surface area contributed by atoms with Crippen LogP contribution in [0.1, 0.15) is 38.5 Å². The molecule has 0 saturated heterocycles. The van der Waals surface area contributed by atoms with E-state index in [1.807, 2.05) is 6.07 Å². The molecule has 2 aromatic rings. The molecule has 8 heteroatoms. The molecule has 1 aliphatic rings. The Bertz CT molecular complexity index is 718. The number of halogens is 1. The minimum atomic E-state index is 0.174. The van der Waals surface area contributed by atoms with E-state index < -0.39 is 0 Å². The molecule has 0 radical (unpaired) electrons. The summed E-state index contributed by atoms with van der Waals surface area (Å²) in [4.78, 5) is 12.8. The third-order valence-electron chi connectivity index (χ3n) is 4.25. The number of nitrogens with one attached hydrogen (secondary N) is 2. The average molecular weight is 363 g/mol. The van der Waals surface area contributed by atoms with Gasteiger partial charge in [0.05, 0.1) is 12.1 Å². The van der Waals surface area contributed by atoms with Gasteiger partial charge in [-0.1, -0.05) is 37.3 Å². The first-order valence-electron chi connectivity index (χ1n) is 8.52. The van der Waals surface area contributed by atoms with Gasteiger partial charge in [-0.05, 0) is 31.0 Å². The standard InChI is InChI=1S/C17H23ClN6O/c1-25-14-9-8-12(10-13(14)18)21-17-23-15(19)22-16(24-17)20-11-6-4-2-3-5-7-11/h8-11H,2-7H2,1H3,(H4,19,20,21,22,23,24). The van der Waals surface area contributed by atoms with E-state index in [9.17, 15) is 0 Å². The number of benzene rings is 1. The maximum atomic E-state index is 6.15. The molecule has 0 atom stereocenters. The van der Waals surface area contributed by atoms with E-state index in [0.29, 0.717) is 28.7 Å². The van der Waals surface area contributed by atoms with Gasteiger partial charge in [-0.2, -0.15) is 15.0 Å². The Kier molecular flexibility index (Phi) is 5.75. The maximum absolute atomic E-state index is 6.15. The third kappa shape index (κ3) is 4.85. The topological polar surface area (TPSA) is 98.0 Å². The molecule has 3 rings (SSSR count). The summed E-state index contributed by atoms with van der Waals surface area (Å²) in [5.41, 5.74) is 6.58. The van der Waals surface area contributed by atoms with Crippen LogP contribution in [0.2, 0.25) is 5.02 Å². The fourth-order valence-electron chi connectivity index (χ4n) is 2.99. The monoisotopic (exact) mass is 362 g/mol. The van der Waals surface area contributed by atoms with Gasteiger partial charge < -0.3 is 21.1 Å². The molecule has 0 amide bonds. The molecule has 0 aliphatic heterocycles. The van der Waals surface area contributed by atoms with Crippen molar-refractivity contribution in [1.82, 2.24) is 15.0 Å². The van der Waals surface area contributed by atoms with Gasteiger partial charge in [0.1, 0.15) is 5.75 Å². The van der Waals surface area contributed by atoms with Crippen LogP contribution >= 0.6 is 11.6 Å². The molecule has 0 spiro atoms. The van der Waals surface area contributed by atoms with Gasteiger partial charge in [-0.3, -0.25) is 0 Å². The number of nitrogens with two attached hydrogens (primary N) is 1. The zero-order valence-electron chi connectivity index (χ0n) is 14.3. The Balaban J connectivity index is 1.73. The predicted molar refractivity (Wildman–Crippen MR) is 101 cm³/mol. The highest BCUT2D eigenvalue weighted by Crippen LogP contribution is 2.28. The highest BCUT2D eigenvalue weighted by molar-refractivity contribution is 6.32. The second-order valence-corrected chi connectivity index (χ2v) is 6.56. The van der Waals surface area contributed by atoms with Crippen molar-refractivity contribution in [2.45, 2.75) is 44.6 Å². The minimum Gasteiger partial charge on any atom is -0.495 e. The van der Waals surface area contributed by atoms with Crippen molar-refractivity contribution in [2.24, 2.45) is 0 Å². The van der Waals surface area contributed by atoms with Crippen molar-refractivity contribution in [3.05, 3.63) is 23.2 Å². The lowest BCUT2D eigenvalue weighted by Gasteiger charge is -2.16. The molecule has 1 fully saturated rings. The number of rotatable bonds is 5. The van der Waals surface area contributed by atoms with Crippen molar-refractivity contribution in [3.8, 4) is 5.75 Å². The molecule has 0 bridgehead atoms. The second kappa shape index (κ2) is 8.20. The molecule has 7 nitrogen and oxygen atoms in total. The Morgan fingerprint density at radius 1 is 1.08 bits per heavy atom. The summed E-state index contributed by atoms with van der Waals surface area (Å²) < 4.78 is 5.15. The molecule has 1 saturated carbocycles. The van der Waals surface area contributed by atoms with Crippen molar-refractivity contribution in [1.29, 1.82) is 0 Å². The molecule has 1 heterocycles. The third-order valence-corrected chi connectivity index (χ3v) is 4.54. The molecular weight excluding hydrogens is 340 g/mol. The summed E-state index contributed by atoms with van der Waals surface area (Å²) in [5, 5.41) is 7.00. The number of nitrogen functional groups attached to an aromatic ring is 1. The number of anilines is 4. The van der Waals surface area contributed by atoms with E-state index >= 15 is 0 Å². The van der Waals surface area contributed by atoms with Crippen molar-refractivity contribution in [3.63, 3.8) is 0 Å². The van der Waals surface area contributed by atoms with Gasteiger partial charge in [-0.15, -0.1) is 0 Å². The van der Waals surface area contributed by atoms with Gasteiger partial charge >= 0.3 is 0 Å². The lowest BCUT2D eigenvalue weighted by atomic mass is 10.1. The zero-order chi connectivity index (χ0) is 17.6. The molecule has 1 aromatic heterocycles. The summed E-state index contributed by atoms with van der Waals surface area (Å²) in [7, 11) is 1.58. The molecule has 25 heavy (non-hydrogen) atoms. The smallest absolute Gasteiger partial charge is 0.233 e. The quantitative estimate of drug-likeness (QED) is 0.691. The maximum Gasteiger partial charge on any atom is 0.233 e. The number of hydrogen-bond acceptors (Lipinski definition) is 7. The number of methoxy groups -OCH3 is 1. The molecular formula is C17H23ClN6O. The lowest BCUT2D eigenvalue weighted by Crippen LogP contribution is -2.21. The van der Waals surface area contributed by atoms with Crippen molar-refractivity contribution in [2.75, 3.05) is 23.5 Å². The van der Waals surface area contributed by atoms with Crippen LogP contribution in [0.4, 0.5) is 23.5 Å². The summed E-state index contributed by atoms with van der Waals surface area (Å²) in [6.07, 6.45) is 7.30. The van der Waals surface area contributed by atoms with Crippen LogP contribution in [0.25, 0.3) is 0 Å². The Hall–Kier alpha value is -2.28. The molecule has 1 aliphatic carbocycles. The van der Waals surface area contributed by atoms with E-state index in [-0.39, 0.29) is 5.95 Å². The highest BCUT2D eigenvalue weighted by Gasteiger charge is 2.14. The van der Waals surface area contributed by atoms with E-state index in [1.54, 1.807) is 19.2 Å². The average Bonchev–Trinajstić information content (AvgIpc) is 2.83. The fraction of sp³-hybridized carbons (Fsp3) is 0.471. The Morgan fingerprint density at radius 3 is 2.48 bits per heavy atom. The van der Waals surface area contributed by atoms with Gasteiger partial charge in [0.25, 0.3) is 0 Å². The number of hydrogen-bond donors (Lipinski definition) is 3. The number of ether oxygens (including phenoxy) is 1. The van der Waals surface area contributed by atoms with Gasteiger partial charge in [-0.25, -0.2) is 0 Å². The molecule has 134 valence electrons. The summed E-state index contributed by atoms with van der Waals surface area (Å²) in [6, 6.07) is 5.74.